The Morgan fingerprint density at radius 1 is 1.26 bits per heavy atom. The van der Waals surface area contributed by atoms with Crippen LogP contribution >= 0.6 is 11.6 Å². The number of hydrogen-bond acceptors (Lipinski definition) is 5. The Kier molecular flexibility index (Phi) is 3.23. The molecule has 5 nitrogen and oxygen atoms in total. The normalized spacial score (nSPS) is 13.9. The zero-order valence-electron chi connectivity index (χ0n) is 10.3. The quantitative estimate of drug-likeness (QED) is 0.783. The minimum absolute atomic E-state index is 0.492. The van der Waals surface area contributed by atoms with Crippen LogP contribution in [0.3, 0.4) is 0 Å². The molecule has 0 amide bonds. The molecule has 0 spiro atoms. The van der Waals surface area contributed by atoms with Crippen LogP contribution in [0.15, 0.2) is 24.3 Å². The van der Waals surface area contributed by atoms with Gasteiger partial charge in [0.2, 0.25) is 5.95 Å². The van der Waals surface area contributed by atoms with Crippen molar-refractivity contribution in [3.05, 3.63) is 40.5 Å². The van der Waals surface area contributed by atoms with Gasteiger partial charge in [-0.3, -0.25) is 0 Å². The van der Waals surface area contributed by atoms with Crippen LogP contribution in [-0.2, 0) is 13.0 Å². The van der Waals surface area contributed by atoms with Crippen molar-refractivity contribution in [1.82, 2.24) is 15.3 Å². The number of fused-ring (bicyclic) bond motifs is 1. The highest BCUT2D eigenvalue weighted by atomic mass is 35.5. The third kappa shape index (κ3) is 2.47. The molecule has 0 saturated carbocycles. The Hall–Kier alpha value is -1.85. The topological polar surface area (TPSA) is 75.9 Å². The molecule has 19 heavy (non-hydrogen) atoms. The molecule has 6 heteroatoms. The molecule has 0 atom stereocenters. The number of nitrogens with two attached hydrogens (primary N) is 1. The maximum atomic E-state index is 6.10. The summed E-state index contributed by atoms with van der Waals surface area (Å²) in [5.74, 6) is 1.01. The van der Waals surface area contributed by atoms with E-state index in [2.05, 4.69) is 20.6 Å². The van der Waals surface area contributed by atoms with Gasteiger partial charge in [0, 0.05) is 25.1 Å². The summed E-state index contributed by atoms with van der Waals surface area (Å²) in [5.41, 5.74) is 8.74. The van der Waals surface area contributed by atoms with Crippen LogP contribution in [0, 0.1) is 0 Å². The molecule has 1 aromatic heterocycles. The van der Waals surface area contributed by atoms with Crippen molar-refractivity contribution in [3.63, 3.8) is 0 Å². The van der Waals surface area contributed by atoms with E-state index in [1.807, 2.05) is 24.3 Å². The number of nitrogens with one attached hydrogen (secondary N) is 2. The van der Waals surface area contributed by atoms with Gasteiger partial charge in [-0.25, -0.2) is 4.98 Å². The highest BCUT2D eigenvalue weighted by molar-refractivity contribution is 6.33. The zero-order valence-corrected chi connectivity index (χ0v) is 11.0. The first-order chi connectivity index (χ1) is 9.24. The average molecular weight is 276 g/mol. The third-order valence-corrected chi connectivity index (χ3v) is 3.42. The van der Waals surface area contributed by atoms with Crippen molar-refractivity contribution < 1.29 is 0 Å². The molecule has 2 aromatic rings. The minimum atomic E-state index is 0.492. The van der Waals surface area contributed by atoms with Gasteiger partial charge in [0.15, 0.2) is 0 Å². The number of para-hydroxylation sites is 1. The molecule has 98 valence electrons. The molecule has 2 heterocycles. The smallest absolute Gasteiger partial charge is 0.229 e. The van der Waals surface area contributed by atoms with Gasteiger partial charge >= 0.3 is 0 Å². The number of nitrogen functional groups attached to an aromatic ring is 1. The highest BCUT2D eigenvalue weighted by Gasteiger charge is 2.16. The third-order valence-electron chi connectivity index (χ3n) is 3.09. The van der Waals surface area contributed by atoms with Crippen molar-refractivity contribution in [2.45, 2.75) is 13.0 Å². The van der Waals surface area contributed by atoms with E-state index in [0.29, 0.717) is 16.8 Å². The van der Waals surface area contributed by atoms with Gasteiger partial charge < -0.3 is 16.4 Å². The summed E-state index contributed by atoms with van der Waals surface area (Å²) in [6.07, 6.45) is 0.860. The van der Waals surface area contributed by atoms with Gasteiger partial charge in [-0.15, -0.1) is 0 Å². The summed E-state index contributed by atoms with van der Waals surface area (Å²) in [6.45, 7) is 1.64. The summed E-state index contributed by atoms with van der Waals surface area (Å²) in [6, 6.07) is 7.47. The highest BCUT2D eigenvalue weighted by Crippen LogP contribution is 2.25. The zero-order chi connectivity index (χ0) is 13.2. The Balaban J connectivity index is 1.94. The molecule has 1 aromatic carbocycles. The van der Waals surface area contributed by atoms with Crippen molar-refractivity contribution >= 4 is 29.1 Å². The molecular formula is C13H14ClN5. The van der Waals surface area contributed by atoms with Crippen LogP contribution in [-0.4, -0.2) is 16.5 Å². The van der Waals surface area contributed by atoms with Crippen molar-refractivity contribution in [3.8, 4) is 0 Å². The Morgan fingerprint density at radius 3 is 2.95 bits per heavy atom. The molecule has 0 aliphatic carbocycles. The number of halogens is 1. The second-order valence-electron chi connectivity index (χ2n) is 4.39. The number of rotatable bonds is 2. The Labute approximate surface area is 116 Å². The summed E-state index contributed by atoms with van der Waals surface area (Å²) in [5, 5.41) is 7.00. The van der Waals surface area contributed by atoms with Gasteiger partial charge in [-0.05, 0) is 12.1 Å². The lowest BCUT2D eigenvalue weighted by atomic mass is 10.1. The number of benzene rings is 1. The molecule has 1 aliphatic rings. The monoisotopic (exact) mass is 275 g/mol. The van der Waals surface area contributed by atoms with Crippen molar-refractivity contribution in [2.75, 3.05) is 17.6 Å². The predicted molar refractivity (Wildman–Crippen MR) is 76.6 cm³/mol. The summed E-state index contributed by atoms with van der Waals surface area (Å²) in [7, 11) is 0. The van der Waals surface area contributed by atoms with Gasteiger partial charge in [-0.1, -0.05) is 23.7 Å². The van der Waals surface area contributed by atoms with Crippen LogP contribution in [0.5, 0.6) is 0 Å². The molecule has 3 rings (SSSR count). The maximum absolute atomic E-state index is 6.10. The standard InChI is InChI=1S/C13H14ClN5/c14-9-3-1-2-4-11(9)18-13-17-10-5-6-16-7-8(10)12(15)19-13/h1-4,16H,5-7H2,(H3,15,17,18,19). The van der Waals surface area contributed by atoms with E-state index in [9.17, 15) is 0 Å². The van der Waals surface area contributed by atoms with E-state index >= 15 is 0 Å². The molecule has 1 aliphatic heterocycles. The Morgan fingerprint density at radius 2 is 2.11 bits per heavy atom. The van der Waals surface area contributed by atoms with E-state index in [-0.39, 0.29) is 0 Å². The lowest BCUT2D eigenvalue weighted by Gasteiger charge is -2.18. The summed E-state index contributed by atoms with van der Waals surface area (Å²) >= 11 is 6.10. The van der Waals surface area contributed by atoms with E-state index in [4.69, 9.17) is 17.3 Å². The summed E-state index contributed by atoms with van der Waals surface area (Å²) in [4.78, 5) is 8.79. The fourth-order valence-electron chi connectivity index (χ4n) is 2.11. The number of aromatic nitrogens is 2. The molecule has 0 saturated heterocycles. The van der Waals surface area contributed by atoms with E-state index < -0.39 is 0 Å². The van der Waals surface area contributed by atoms with Crippen LogP contribution in [0.4, 0.5) is 17.5 Å². The van der Waals surface area contributed by atoms with Crippen LogP contribution in [0.2, 0.25) is 5.02 Å². The minimum Gasteiger partial charge on any atom is -0.383 e. The average Bonchev–Trinajstić information content (AvgIpc) is 2.42. The maximum Gasteiger partial charge on any atom is 0.229 e. The molecule has 0 radical (unpaired) electrons. The fraction of sp³-hybridized carbons (Fsp3) is 0.231. The fourth-order valence-corrected chi connectivity index (χ4v) is 2.29. The molecule has 0 bridgehead atoms. The summed E-state index contributed by atoms with van der Waals surface area (Å²) < 4.78 is 0. The molecule has 0 unspecified atom stereocenters. The van der Waals surface area contributed by atoms with Crippen molar-refractivity contribution in [1.29, 1.82) is 0 Å². The molecular weight excluding hydrogens is 262 g/mol. The SMILES string of the molecule is Nc1nc(Nc2ccccc2Cl)nc2c1CNCC2. The second kappa shape index (κ2) is 5.03. The predicted octanol–water partition coefficient (Wildman–Crippen LogP) is 2.10. The van der Waals surface area contributed by atoms with Crippen LogP contribution < -0.4 is 16.4 Å². The van der Waals surface area contributed by atoms with E-state index in [1.165, 1.54) is 0 Å². The van der Waals surface area contributed by atoms with E-state index in [0.717, 1.165) is 36.5 Å². The van der Waals surface area contributed by atoms with Crippen molar-refractivity contribution in [2.24, 2.45) is 0 Å². The lowest BCUT2D eigenvalue weighted by molar-refractivity contribution is 0.629. The van der Waals surface area contributed by atoms with Gasteiger partial charge in [-0.2, -0.15) is 4.98 Å². The number of nitrogens with zero attached hydrogens (tertiary/aromatic N) is 2. The largest absolute Gasteiger partial charge is 0.383 e. The molecule has 0 fully saturated rings. The van der Waals surface area contributed by atoms with Gasteiger partial charge in [0.25, 0.3) is 0 Å². The first-order valence-corrected chi connectivity index (χ1v) is 6.49. The van der Waals surface area contributed by atoms with Crippen LogP contribution in [0.1, 0.15) is 11.3 Å². The van der Waals surface area contributed by atoms with Gasteiger partial charge in [0.05, 0.1) is 16.4 Å². The van der Waals surface area contributed by atoms with Crippen LogP contribution in [0.25, 0.3) is 0 Å². The lowest BCUT2D eigenvalue weighted by Crippen LogP contribution is -2.26. The second-order valence-corrected chi connectivity index (χ2v) is 4.80. The molecule has 4 N–H and O–H groups in total. The van der Waals surface area contributed by atoms with Gasteiger partial charge in [0.1, 0.15) is 5.82 Å². The number of hydrogen-bond donors (Lipinski definition) is 3. The number of anilines is 3. The first-order valence-electron chi connectivity index (χ1n) is 6.11. The Bertz CT molecular complexity index is 614. The first kappa shape index (κ1) is 12.2. The van der Waals surface area contributed by atoms with E-state index in [1.54, 1.807) is 0 Å².